The van der Waals surface area contributed by atoms with Crippen LogP contribution in [0, 0.1) is 0 Å². The molecule has 122 valence electrons. The summed E-state index contributed by atoms with van der Waals surface area (Å²) in [7, 11) is 0. The van der Waals surface area contributed by atoms with Crippen LogP contribution in [0.2, 0.25) is 0 Å². The van der Waals surface area contributed by atoms with Crippen molar-refractivity contribution in [3.63, 3.8) is 0 Å². The van der Waals surface area contributed by atoms with Gasteiger partial charge in [0.1, 0.15) is 12.3 Å². The molecule has 0 aliphatic carbocycles. The molecule has 5 nitrogen and oxygen atoms in total. The SMILES string of the molecule is CCc1ccc(C(=O)OCc2cc(=O)n3cc(Br)ccc3n2)cc1. The maximum absolute atomic E-state index is 12.1. The third-order valence-corrected chi connectivity index (χ3v) is 4.09. The monoisotopic (exact) mass is 386 g/mol. The van der Waals surface area contributed by atoms with E-state index < -0.39 is 5.97 Å². The number of hydrogen-bond donors (Lipinski definition) is 0. The second-order valence-corrected chi connectivity index (χ2v) is 6.20. The van der Waals surface area contributed by atoms with Crippen molar-refractivity contribution in [2.24, 2.45) is 0 Å². The molecule has 1 aromatic carbocycles. The predicted octanol–water partition coefficient (Wildman–Crippen LogP) is 3.38. The van der Waals surface area contributed by atoms with E-state index in [9.17, 15) is 9.59 Å². The lowest BCUT2D eigenvalue weighted by Gasteiger charge is -2.07. The van der Waals surface area contributed by atoms with E-state index in [0.717, 1.165) is 16.5 Å². The molecule has 0 atom stereocenters. The number of ether oxygens (including phenoxy) is 1. The molecule has 3 rings (SSSR count). The highest BCUT2D eigenvalue weighted by Gasteiger charge is 2.09. The van der Waals surface area contributed by atoms with Gasteiger partial charge in [-0.3, -0.25) is 9.20 Å². The highest BCUT2D eigenvalue weighted by atomic mass is 79.9. The number of esters is 1. The first kappa shape index (κ1) is 16.4. The van der Waals surface area contributed by atoms with Gasteiger partial charge in [0.25, 0.3) is 5.56 Å². The van der Waals surface area contributed by atoms with Gasteiger partial charge in [-0.2, -0.15) is 0 Å². The molecule has 0 spiro atoms. The molecule has 0 radical (unpaired) electrons. The van der Waals surface area contributed by atoms with Crippen LogP contribution >= 0.6 is 15.9 Å². The van der Waals surface area contributed by atoms with Crippen LogP contribution in [0.1, 0.15) is 28.5 Å². The molecule has 6 heteroatoms. The number of halogens is 1. The summed E-state index contributed by atoms with van der Waals surface area (Å²) >= 11 is 3.31. The zero-order valence-corrected chi connectivity index (χ0v) is 14.6. The van der Waals surface area contributed by atoms with Gasteiger partial charge in [0.15, 0.2) is 0 Å². The average Bonchev–Trinajstić information content (AvgIpc) is 2.60. The Hall–Kier alpha value is -2.47. The van der Waals surface area contributed by atoms with Crippen LogP contribution in [0.5, 0.6) is 0 Å². The Balaban J connectivity index is 1.76. The summed E-state index contributed by atoms with van der Waals surface area (Å²) in [4.78, 5) is 28.5. The van der Waals surface area contributed by atoms with Crippen LogP contribution in [0.25, 0.3) is 5.65 Å². The minimum atomic E-state index is -0.435. The van der Waals surface area contributed by atoms with Gasteiger partial charge >= 0.3 is 5.97 Å². The second-order valence-electron chi connectivity index (χ2n) is 5.29. The van der Waals surface area contributed by atoms with Crippen LogP contribution in [0.3, 0.4) is 0 Å². The number of aryl methyl sites for hydroxylation is 1. The number of carbonyl (C=O) groups is 1. The summed E-state index contributed by atoms with van der Waals surface area (Å²) in [5.41, 5.74) is 2.33. The molecule has 2 aromatic heterocycles. The normalized spacial score (nSPS) is 10.8. The van der Waals surface area contributed by atoms with Gasteiger partial charge in [0, 0.05) is 16.7 Å². The number of hydrogen-bond acceptors (Lipinski definition) is 4. The molecule has 0 bridgehead atoms. The van der Waals surface area contributed by atoms with E-state index in [4.69, 9.17) is 4.74 Å². The summed E-state index contributed by atoms with van der Waals surface area (Å²) < 4.78 is 7.47. The minimum Gasteiger partial charge on any atom is -0.456 e. The van der Waals surface area contributed by atoms with E-state index in [-0.39, 0.29) is 12.2 Å². The Kier molecular flexibility index (Phi) is 4.76. The highest BCUT2D eigenvalue weighted by molar-refractivity contribution is 9.10. The Bertz CT molecular complexity index is 949. The quantitative estimate of drug-likeness (QED) is 0.644. The van der Waals surface area contributed by atoms with Crippen LogP contribution < -0.4 is 5.56 Å². The standard InChI is InChI=1S/C18H15BrN2O3/c1-2-12-3-5-13(6-4-12)18(23)24-11-15-9-17(22)21-10-14(19)7-8-16(21)20-15/h3-10H,2,11H2,1H3. The summed E-state index contributed by atoms with van der Waals surface area (Å²) in [5, 5.41) is 0. The maximum Gasteiger partial charge on any atom is 0.338 e. The molecular formula is C18H15BrN2O3. The third kappa shape index (κ3) is 3.54. The van der Waals surface area contributed by atoms with Crippen molar-refractivity contribution in [3.05, 3.63) is 80.3 Å². The van der Waals surface area contributed by atoms with Crippen LogP contribution in [0.4, 0.5) is 0 Å². The number of benzene rings is 1. The molecule has 3 aromatic rings. The third-order valence-electron chi connectivity index (χ3n) is 3.63. The highest BCUT2D eigenvalue weighted by Crippen LogP contribution is 2.11. The van der Waals surface area contributed by atoms with Crippen molar-refractivity contribution in [2.75, 3.05) is 0 Å². The average molecular weight is 387 g/mol. The second kappa shape index (κ2) is 6.97. The van der Waals surface area contributed by atoms with E-state index in [1.54, 1.807) is 30.5 Å². The van der Waals surface area contributed by atoms with Crippen molar-refractivity contribution < 1.29 is 9.53 Å². The number of aromatic nitrogens is 2. The van der Waals surface area contributed by atoms with Gasteiger partial charge in [-0.1, -0.05) is 19.1 Å². The number of rotatable bonds is 4. The van der Waals surface area contributed by atoms with Crippen molar-refractivity contribution in [3.8, 4) is 0 Å². The van der Waals surface area contributed by atoms with E-state index in [0.29, 0.717) is 16.9 Å². The van der Waals surface area contributed by atoms with Gasteiger partial charge in [-0.15, -0.1) is 0 Å². The van der Waals surface area contributed by atoms with Crippen molar-refractivity contribution >= 4 is 27.5 Å². The number of pyridine rings is 1. The lowest BCUT2D eigenvalue weighted by molar-refractivity contribution is 0.0467. The molecule has 0 N–H and O–H groups in total. The zero-order valence-electron chi connectivity index (χ0n) is 13.0. The van der Waals surface area contributed by atoms with E-state index >= 15 is 0 Å². The van der Waals surface area contributed by atoms with Crippen molar-refractivity contribution in [1.82, 2.24) is 9.38 Å². The molecule has 0 unspecified atom stereocenters. The molecule has 0 saturated heterocycles. The summed E-state index contributed by atoms with van der Waals surface area (Å²) in [6.45, 7) is 2.01. The fourth-order valence-corrected chi connectivity index (χ4v) is 2.64. The fraction of sp³-hybridized carbons (Fsp3) is 0.167. The molecule has 0 saturated carbocycles. The molecule has 0 aliphatic heterocycles. The van der Waals surface area contributed by atoms with Gasteiger partial charge in [-0.25, -0.2) is 9.78 Å². The number of nitrogens with zero attached hydrogens (tertiary/aromatic N) is 2. The van der Waals surface area contributed by atoms with Crippen molar-refractivity contribution in [1.29, 1.82) is 0 Å². The predicted molar refractivity (Wildman–Crippen MR) is 94.1 cm³/mol. The molecule has 2 heterocycles. The molecule has 0 amide bonds. The topological polar surface area (TPSA) is 60.7 Å². The fourth-order valence-electron chi connectivity index (χ4n) is 2.30. The minimum absolute atomic E-state index is 0.0455. The van der Waals surface area contributed by atoms with Crippen LogP contribution in [-0.4, -0.2) is 15.4 Å². The number of carbonyl (C=O) groups excluding carboxylic acids is 1. The van der Waals surface area contributed by atoms with Crippen LogP contribution in [0.15, 0.2) is 57.9 Å². The molecule has 0 fully saturated rings. The Morgan fingerprint density at radius 3 is 2.67 bits per heavy atom. The first-order valence-corrected chi connectivity index (χ1v) is 8.30. The number of fused-ring (bicyclic) bond motifs is 1. The van der Waals surface area contributed by atoms with Gasteiger partial charge in [0.2, 0.25) is 0 Å². The Labute approximate surface area is 147 Å². The van der Waals surface area contributed by atoms with E-state index in [1.807, 2.05) is 12.1 Å². The molecule has 0 aliphatic rings. The first-order valence-electron chi connectivity index (χ1n) is 7.50. The largest absolute Gasteiger partial charge is 0.456 e. The zero-order chi connectivity index (χ0) is 17.1. The lowest BCUT2D eigenvalue weighted by Crippen LogP contribution is -2.16. The first-order chi connectivity index (χ1) is 11.6. The van der Waals surface area contributed by atoms with Gasteiger partial charge in [-0.05, 0) is 52.2 Å². The molecule has 24 heavy (non-hydrogen) atoms. The van der Waals surface area contributed by atoms with Gasteiger partial charge in [0.05, 0.1) is 11.3 Å². The summed E-state index contributed by atoms with van der Waals surface area (Å²) in [6, 6.07) is 12.2. The van der Waals surface area contributed by atoms with E-state index in [2.05, 4.69) is 27.8 Å². The Morgan fingerprint density at radius 2 is 1.96 bits per heavy atom. The van der Waals surface area contributed by atoms with Crippen LogP contribution in [-0.2, 0) is 17.8 Å². The summed E-state index contributed by atoms with van der Waals surface area (Å²) in [5.74, 6) is -0.435. The Morgan fingerprint density at radius 1 is 1.21 bits per heavy atom. The van der Waals surface area contributed by atoms with Crippen molar-refractivity contribution in [2.45, 2.75) is 20.0 Å². The smallest absolute Gasteiger partial charge is 0.338 e. The van der Waals surface area contributed by atoms with E-state index in [1.165, 1.54) is 10.5 Å². The van der Waals surface area contributed by atoms with Gasteiger partial charge < -0.3 is 4.74 Å². The summed E-state index contributed by atoms with van der Waals surface area (Å²) in [6.07, 6.45) is 2.56. The maximum atomic E-state index is 12.1. The lowest BCUT2D eigenvalue weighted by atomic mass is 10.1. The molecular weight excluding hydrogens is 372 g/mol.